The van der Waals surface area contributed by atoms with Gasteiger partial charge in [-0.2, -0.15) is 0 Å². The first-order valence-electron chi connectivity index (χ1n) is 4.46. The molecule has 0 saturated carbocycles. The van der Waals surface area contributed by atoms with Crippen molar-refractivity contribution in [2.75, 3.05) is 6.54 Å². The van der Waals surface area contributed by atoms with Crippen LogP contribution in [0, 0.1) is 0 Å². The van der Waals surface area contributed by atoms with Crippen LogP contribution in [0.1, 0.15) is 12.5 Å². The lowest BCUT2D eigenvalue weighted by Gasteiger charge is -2.08. The molecule has 1 aromatic rings. The van der Waals surface area contributed by atoms with Gasteiger partial charge in [-0.1, -0.05) is 11.6 Å². The lowest BCUT2D eigenvalue weighted by molar-refractivity contribution is 0.191. The quantitative estimate of drug-likeness (QED) is 0.714. The smallest absolute Gasteiger partial charge is 0.120 e. The van der Waals surface area contributed by atoms with E-state index in [2.05, 4.69) is 5.32 Å². The van der Waals surface area contributed by atoms with Gasteiger partial charge in [-0.05, 0) is 25.1 Å². The van der Waals surface area contributed by atoms with Crippen molar-refractivity contribution in [1.82, 2.24) is 5.32 Å². The highest BCUT2D eigenvalue weighted by molar-refractivity contribution is 6.30. The second-order valence-corrected chi connectivity index (χ2v) is 3.69. The van der Waals surface area contributed by atoms with Crippen LogP contribution in [0.25, 0.3) is 0 Å². The van der Waals surface area contributed by atoms with E-state index in [1.54, 1.807) is 25.1 Å². The predicted molar refractivity (Wildman–Crippen MR) is 56.5 cm³/mol. The number of phenols is 1. The van der Waals surface area contributed by atoms with Crippen molar-refractivity contribution in [3.63, 3.8) is 0 Å². The fraction of sp³-hybridized carbons (Fsp3) is 0.400. The molecule has 0 radical (unpaired) electrons. The summed E-state index contributed by atoms with van der Waals surface area (Å²) in [7, 11) is 0. The van der Waals surface area contributed by atoms with E-state index >= 15 is 0 Å². The second kappa shape index (κ2) is 5.20. The summed E-state index contributed by atoms with van der Waals surface area (Å²) in [6.45, 7) is 2.69. The summed E-state index contributed by atoms with van der Waals surface area (Å²) < 4.78 is 0. The Kier molecular flexibility index (Phi) is 4.20. The molecule has 3 N–H and O–H groups in total. The summed E-state index contributed by atoms with van der Waals surface area (Å²) >= 11 is 5.77. The third-order valence-corrected chi connectivity index (χ3v) is 2.03. The molecular formula is C10H14ClNO2. The minimum atomic E-state index is -0.392. The van der Waals surface area contributed by atoms with E-state index in [0.717, 1.165) is 5.56 Å². The number of hydrogen-bond acceptors (Lipinski definition) is 3. The predicted octanol–water partition coefficient (Wildman–Crippen LogP) is 1.52. The number of aliphatic hydroxyl groups is 1. The van der Waals surface area contributed by atoms with Gasteiger partial charge in [0.15, 0.2) is 0 Å². The third-order valence-electron chi connectivity index (χ3n) is 1.80. The van der Waals surface area contributed by atoms with E-state index < -0.39 is 6.10 Å². The largest absolute Gasteiger partial charge is 0.508 e. The molecule has 0 amide bonds. The highest BCUT2D eigenvalue weighted by atomic mass is 35.5. The number of rotatable bonds is 4. The van der Waals surface area contributed by atoms with Crippen molar-refractivity contribution in [3.05, 3.63) is 28.8 Å². The van der Waals surface area contributed by atoms with Crippen LogP contribution in [-0.2, 0) is 6.54 Å². The standard InChI is InChI=1S/C10H14ClNO2/c1-7(13)5-12-6-8-4-9(11)2-3-10(8)14/h2-4,7,12-14H,5-6H2,1H3/t7-/m1/s1. The van der Waals surface area contributed by atoms with Crippen LogP contribution in [0.5, 0.6) is 5.75 Å². The van der Waals surface area contributed by atoms with Crippen molar-refractivity contribution in [3.8, 4) is 5.75 Å². The molecular weight excluding hydrogens is 202 g/mol. The van der Waals surface area contributed by atoms with E-state index in [1.165, 1.54) is 0 Å². The average Bonchev–Trinajstić information content (AvgIpc) is 2.10. The summed E-state index contributed by atoms with van der Waals surface area (Å²) in [5.41, 5.74) is 0.734. The van der Waals surface area contributed by atoms with Crippen LogP contribution in [-0.4, -0.2) is 22.9 Å². The minimum Gasteiger partial charge on any atom is -0.508 e. The highest BCUT2D eigenvalue weighted by Crippen LogP contribution is 2.20. The molecule has 0 aliphatic heterocycles. The Labute approximate surface area is 88.3 Å². The topological polar surface area (TPSA) is 52.5 Å². The summed E-state index contributed by atoms with van der Waals surface area (Å²) in [5, 5.41) is 22.0. The SMILES string of the molecule is C[C@@H](O)CNCc1cc(Cl)ccc1O. The number of aliphatic hydroxyl groups excluding tert-OH is 1. The molecule has 0 bridgehead atoms. The van der Waals surface area contributed by atoms with Crippen molar-refractivity contribution >= 4 is 11.6 Å². The molecule has 0 heterocycles. The van der Waals surface area contributed by atoms with Gasteiger partial charge in [0.2, 0.25) is 0 Å². The van der Waals surface area contributed by atoms with Gasteiger partial charge in [0.1, 0.15) is 5.75 Å². The molecule has 0 unspecified atom stereocenters. The zero-order valence-electron chi connectivity index (χ0n) is 8.00. The molecule has 1 atom stereocenters. The summed E-state index contributed by atoms with van der Waals surface area (Å²) in [5.74, 6) is 0.215. The Bertz CT molecular complexity index is 302. The van der Waals surface area contributed by atoms with Crippen molar-refractivity contribution in [1.29, 1.82) is 0 Å². The van der Waals surface area contributed by atoms with Crippen molar-refractivity contribution < 1.29 is 10.2 Å². The van der Waals surface area contributed by atoms with Gasteiger partial charge >= 0.3 is 0 Å². The molecule has 0 aromatic heterocycles. The number of phenolic OH excluding ortho intramolecular Hbond substituents is 1. The highest BCUT2D eigenvalue weighted by Gasteiger charge is 2.02. The molecule has 0 spiro atoms. The van der Waals surface area contributed by atoms with Gasteiger partial charge in [0.05, 0.1) is 6.10 Å². The molecule has 0 aliphatic carbocycles. The van der Waals surface area contributed by atoms with Crippen LogP contribution in [0.3, 0.4) is 0 Å². The lowest BCUT2D eigenvalue weighted by Crippen LogP contribution is -2.23. The van der Waals surface area contributed by atoms with Crippen LogP contribution < -0.4 is 5.32 Å². The maximum atomic E-state index is 9.44. The molecule has 0 fully saturated rings. The minimum absolute atomic E-state index is 0.215. The lowest BCUT2D eigenvalue weighted by atomic mass is 10.2. The normalized spacial score (nSPS) is 12.8. The molecule has 1 aromatic carbocycles. The van der Waals surface area contributed by atoms with Crippen LogP contribution >= 0.6 is 11.6 Å². The summed E-state index contributed by atoms with van der Waals surface area (Å²) in [4.78, 5) is 0. The van der Waals surface area contributed by atoms with Gasteiger partial charge in [0.25, 0.3) is 0 Å². The maximum Gasteiger partial charge on any atom is 0.120 e. The first kappa shape index (κ1) is 11.3. The van der Waals surface area contributed by atoms with Crippen molar-refractivity contribution in [2.45, 2.75) is 19.6 Å². The number of halogens is 1. The van der Waals surface area contributed by atoms with E-state index in [0.29, 0.717) is 18.1 Å². The molecule has 1 rings (SSSR count). The summed E-state index contributed by atoms with van der Waals surface area (Å²) in [6, 6.07) is 4.89. The van der Waals surface area contributed by atoms with E-state index in [1.807, 2.05) is 0 Å². The average molecular weight is 216 g/mol. The van der Waals surface area contributed by atoms with Crippen LogP contribution in [0.2, 0.25) is 5.02 Å². The monoisotopic (exact) mass is 215 g/mol. The van der Waals surface area contributed by atoms with E-state index in [4.69, 9.17) is 16.7 Å². The second-order valence-electron chi connectivity index (χ2n) is 3.25. The van der Waals surface area contributed by atoms with Gasteiger partial charge in [-0.3, -0.25) is 0 Å². The molecule has 14 heavy (non-hydrogen) atoms. The first-order valence-corrected chi connectivity index (χ1v) is 4.83. The zero-order chi connectivity index (χ0) is 10.6. The van der Waals surface area contributed by atoms with E-state index in [-0.39, 0.29) is 5.75 Å². The maximum absolute atomic E-state index is 9.44. The van der Waals surface area contributed by atoms with Gasteiger partial charge in [0, 0.05) is 23.7 Å². The zero-order valence-corrected chi connectivity index (χ0v) is 8.75. The molecule has 0 aliphatic rings. The molecule has 4 heteroatoms. The Morgan fingerprint density at radius 3 is 2.86 bits per heavy atom. The van der Waals surface area contributed by atoms with Gasteiger partial charge in [-0.25, -0.2) is 0 Å². The van der Waals surface area contributed by atoms with Crippen molar-refractivity contribution in [2.24, 2.45) is 0 Å². The van der Waals surface area contributed by atoms with Crippen LogP contribution in [0.15, 0.2) is 18.2 Å². The number of benzene rings is 1. The number of nitrogens with one attached hydrogen (secondary N) is 1. The van der Waals surface area contributed by atoms with Gasteiger partial charge in [-0.15, -0.1) is 0 Å². The van der Waals surface area contributed by atoms with Gasteiger partial charge < -0.3 is 15.5 Å². The fourth-order valence-electron chi connectivity index (χ4n) is 1.11. The summed E-state index contributed by atoms with van der Waals surface area (Å²) in [6.07, 6.45) is -0.392. The number of hydrogen-bond donors (Lipinski definition) is 3. The Morgan fingerprint density at radius 2 is 2.21 bits per heavy atom. The Balaban J connectivity index is 2.53. The number of aromatic hydroxyl groups is 1. The molecule has 3 nitrogen and oxygen atoms in total. The first-order chi connectivity index (χ1) is 6.59. The fourth-order valence-corrected chi connectivity index (χ4v) is 1.31. The van der Waals surface area contributed by atoms with Crippen LogP contribution in [0.4, 0.5) is 0 Å². The Morgan fingerprint density at radius 1 is 1.50 bits per heavy atom. The van der Waals surface area contributed by atoms with E-state index in [9.17, 15) is 5.11 Å². The molecule has 78 valence electrons. The Hall–Kier alpha value is -0.770. The molecule has 0 saturated heterocycles. The third kappa shape index (κ3) is 3.54.